The van der Waals surface area contributed by atoms with Gasteiger partial charge in [-0.1, -0.05) is 18.1 Å². The molecule has 0 bridgehead atoms. The highest BCUT2D eigenvalue weighted by molar-refractivity contribution is 5.89. The van der Waals surface area contributed by atoms with Gasteiger partial charge in [0.1, 0.15) is 12.1 Å². The monoisotopic (exact) mass is 257 g/mol. The van der Waals surface area contributed by atoms with E-state index >= 15 is 0 Å². The van der Waals surface area contributed by atoms with Crippen LogP contribution in [0.2, 0.25) is 0 Å². The highest BCUT2D eigenvalue weighted by Gasteiger charge is 2.24. The number of aromatic nitrogens is 2. The molecule has 100 valence electrons. The van der Waals surface area contributed by atoms with Crippen molar-refractivity contribution in [3.8, 4) is 0 Å². The van der Waals surface area contributed by atoms with Gasteiger partial charge in [-0.2, -0.15) is 0 Å². The van der Waals surface area contributed by atoms with E-state index < -0.39 is 0 Å². The van der Waals surface area contributed by atoms with E-state index in [1.807, 2.05) is 6.07 Å². The predicted octanol–water partition coefficient (Wildman–Crippen LogP) is 2.51. The van der Waals surface area contributed by atoms with Crippen molar-refractivity contribution in [1.29, 1.82) is 0 Å². The average molecular weight is 257 g/mol. The first-order chi connectivity index (χ1) is 9.24. The molecular weight excluding hydrogens is 238 g/mol. The number of nitrogens with zero attached hydrogens (tertiary/aromatic N) is 2. The smallest absolute Gasteiger partial charge is 0.137 e. The second-order valence-electron chi connectivity index (χ2n) is 5.38. The maximum atomic E-state index is 9.85. The molecule has 1 fully saturated rings. The van der Waals surface area contributed by atoms with Gasteiger partial charge >= 0.3 is 0 Å². The van der Waals surface area contributed by atoms with Crippen LogP contribution in [-0.2, 0) is 0 Å². The largest absolute Gasteiger partial charge is 0.393 e. The third-order valence-electron chi connectivity index (χ3n) is 3.94. The van der Waals surface area contributed by atoms with Crippen molar-refractivity contribution in [2.24, 2.45) is 5.92 Å². The summed E-state index contributed by atoms with van der Waals surface area (Å²) in [6.45, 7) is 2.85. The minimum atomic E-state index is -0.165. The summed E-state index contributed by atoms with van der Waals surface area (Å²) >= 11 is 0. The molecule has 0 saturated heterocycles. The fourth-order valence-corrected chi connectivity index (χ4v) is 2.79. The molecule has 1 aliphatic rings. The Balaban J connectivity index is 1.82. The van der Waals surface area contributed by atoms with E-state index in [1.54, 1.807) is 6.33 Å². The predicted molar refractivity (Wildman–Crippen MR) is 76.1 cm³/mol. The molecule has 4 nitrogen and oxygen atoms in total. The summed E-state index contributed by atoms with van der Waals surface area (Å²) in [6.07, 6.45) is 4.57. The Bertz CT molecular complexity index is 585. The summed E-state index contributed by atoms with van der Waals surface area (Å²) in [7, 11) is 0. The normalized spacial score (nSPS) is 22.8. The molecule has 4 heteroatoms. The lowest BCUT2D eigenvalue weighted by Crippen LogP contribution is -2.22. The Hall–Kier alpha value is -1.68. The maximum Gasteiger partial charge on any atom is 0.137 e. The number of benzene rings is 1. The van der Waals surface area contributed by atoms with Gasteiger partial charge in [0.25, 0.3) is 0 Å². The molecule has 3 rings (SSSR count). The molecule has 1 aromatic carbocycles. The van der Waals surface area contributed by atoms with Crippen LogP contribution in [-0.4, -0.2) is 27.7 Å². The molecule has 0 aliphatic heterocycles. The summed E-state index contributed by atoms with van der Waals surface area (Å²) in [5, 5.41) is 14.3. The van der Waals surface area contributed by atoms with Crippen LogP contribution in [0.4, 0.5) is 5.82 Å². The third kappa shape index (κ3) is 2.54. The van der Waals surface area contributed by atoms with Crippen LogP contribution in [0.15, 0.2) is 24.5 Å². The topological polar surface area (TPSA) is 58.0 Å². The molecule has 1 heterocycles. The van der Waals surface area contributed by atoms with Gasteiger partial charge < -0.3 is 10.4 Å². The zero-order chi connectivity index (χ0) is 13.2. The van der Waals surface area contributed by atoms with E-state index in [1.165, 1.54) is 5.56 Å². The number of hydrogen-bond donors (Lipinski definition) is 2. The van der Waals surface area contributed by atoms with Crippen LogP contribution < -0.4 is 5.32 Å². The van der Waals surface area contributed by atoms with Gasteiger partial charge in [0.15, 0.2) is 0 Å². The summed E-state index contributed by atoms with van der Waals surface area (Å²) in [6, 6.07) is 6.17. The van der Waals surface area contributed by atoms with Crippen LogP contribution in [0.3, 0.4) is 0 Å². The van der Waals surface area contributed by atoms with E-state index in [0.29, 0.717) is 5.92 Å². The van der Waals surface area contributed by atoms with Crippen LogP contribution in [0.25, 0.3) is 10.9 Å². The molecule has 2 unspecified atom stereocenters. The van der Waals surface area contributed by atoms with Crippen molar-refractivity contribution in [1.82, 2.24) is 9.97 Å². The molecule has 0 amide bonds. The number of aryl methyl sites for hydroxylation is 1. The first-order valence-corrected chi connectivity index (χ1v) is 6.87. The fourth-order valence-electron chi connectivity index (χ4n) is 2.79. The Morgan fingerprint density at radius 2 is 2.21 bits per heavy atom. The number of hydrogen-bond acceptors (Lipinski definition) is 4. The van der Waals surface area contributed by atoms with Gasteiger partial charge in [0, 0.05) is 17.8 Å². The number of anilines is 1. The number of rotatable bonds is 3. The highest BCUT2D eigenvalue weighted by Crippen LogP contribution is 2.27. The van der Waals surface area contributed by atoms with Crippen molar-refractivity contribution >= 4 is 16.7 Å². The second kappa shape index (κ2) is 5.13. The first kappa shape index (κ1) is 12.4. The number of aliphatic hydroxyl groups is 1. The molecule has 2 aromatic rings. The van der Waals surface area contributed by atoms with Crippen LogP contribution in [0.5, 0.6) is 0 Å². The minimum Gasteiger partial charge on any atom is -0.393 e. The Kier molecular flexibility index (Phi) is 3.34. The Morgan fingerprint density at radius 3 is 3.00 bits per heavy atom. The lowest BCUT2D eigenvalue weighted by atomic mass is 10.1. The SMILES string of the molecule is Cc1ccc2ncnc(NCC3CCCC3O)c2c1. The minimum absolute atomic E-state index is 0.165. The van der Waals surface area contributed by atoms with Gasteiger partial charge in [-0.15, -0.1) is 0 Å². The van der Waals surface area contributed by atoms with Gasteiger partial charge in [0.2, 0.25) is 0 Å². The first-order valence-electron chi connectivity index (χ1n) is 6.87. The summed E-state index contributed by atoms with van der Waals surface area (Å²) in [5.41, 5.74) is 2.15. The molecule has 0 radical (unpaired) electrons. The quantitative estimate of drug-likeness (QED) is 0.887. The molecule has 2 atom stereocenters. The van der Waals surface area contributed by atoms with Gasteiger partial charge in [0.05, 0.1) is 11.6 Å². The van der Waals surface area contributed by atoms with E-state index in [0.717, 1.165) is 42.5 Å². The fraction of sp³-hybridized carbons (Fsp3) is 0.467. The van der Waals surface area contributed by atoms with Gasteiger partial charge in [-0.05, 0) is 31.9 Å². The molecule has 2 N–H and O–H groups in total. The van der Waals surface area contributed by atoms with Crippen molar-refractivity contribution < 1.29 is 5.11 Å². The summed E-state index contributed by atoms with van der Waals surface area (Å²) < 4.78 is 0. The Labute approximate surface area is 112 Å². The second-order valence-corrected chi connectivity index (χ2v) is 5.38. The lowest BCUT2D eigenvalue weighted by molar-refractivity contribution is 0.138. The molecule has 0 spiro atoms. The number of nitrogens with one attached hydrogen (secondary N) is 1. The van der Waals surface area contributed by atoms with Crippen LogP contribution >= 0.6 is 0 Å². The summed E-state index contributed by atoms with van der Waals surface area (Å²) in [5.74, 6) is 1.21. The molecule has 1 saturated carbocycles. The molecule has 1 aromatic heterocycles. The van der Waals surface area contributed by atoms with Gasteiger partial charge in [-0.25, -0.2) is 9.97 Å². The van der Waals surface area contributed by atoms with Crippen molar-refractivity contribution in [3.05, 3.63) is 30.1 Å². The molecular formula is C15H19N3O. The zero-order valence-electron chi connectivity index (χ0n) is 11.1. The standard InChI is InChI=1S/C15H19N3O/c1-10-5-6-13-12(7-10)15(18-9-17-13)16-8-11-3-2-4-14(11)19/h5-7,9,11,14,19H,2-4,8H2,1H3,(H,16,17,18). The molecule has 19 heavy (non-hydrogen) atoms. The number of aliphatic hydroxyl groups excluding tert-OH is 1. The highest BCUT2D eigenvalue weighted by atomic mass is 16.3. The van der Waals surface area contributed by atoms with Crippen molar-refractivity contribution in [2.45, 2.75) is 32.3 Å². The Morgan fingerprint density at radius 1 is 1.32 bits per heavy atom. The summed E-state index contributed by atoms with van der Waals surface area (Å²) in [4.78, 5) is 8.61. The maximum absolute atomic E-state index is 9.85. The van der Waals surface area contributed by atoms with Gasteiger partial charge in [-0.3, -0.25) is 0 Å². The van der Waals surface area contributed by atoms with Crippen LogP contribution in [0.1, 0.15) is 24.8 Å². The van der Waals surface area contributed by atoms with E-state index in [2.05, 4.69) is 34.3 Å². The average Bonchev–Trinajstić information content (AvgIpc) is 2.82. The van der Waals surface area contributed by atoms with Crippen molar-refractivity contribution in [2.75, 3.05) is 11.9 Å². The van der Waals surface area contributed by atoms with E-state index in [-0.39, 0.29) is 6.10 Å². The molecule has 1 aliphatic carbocycles. The number of fused-ring (bicyclic) bond motifs is 1. The van der Waals surface area contributed by atoms with Crippen molar-refractivity contribution in [3.63, 3.8) is 0 Å². The third-order valence-corrected chi connectivity index (χ3v) is 3.94. The van der Waals surface area contributed by atoms with E-state index in [4.69, 9.17) is 0 Å². The zero-order valence-corrected chi connectivity index (χ0v) is 11.1. The van der Waals surface area contributed by atoms with Crippen LogP contribution in [0, 0.1) is 12.8 Å². The lowest BCUT2D eigenvalue weighted by Gasteiger charge is -2.16. The van der Waals surface area contributed by atoms with E-state index in [9.17, 15) is 5.11 Å².